The van der Waals surface area contributed by atoms with Gasteiger partial charge in [0, 0.05) is 12.1 Å². The molecule has 4 rings (SSSR count). The van der Waals surface area contributed by atoms with Crippen LogP contribution in [0.5, 0.6) is 0 Å². The number of hydrogen-bond acceptors (Lipinski definition) is 1. The number of rotatable bonds is 3. The lowest BCUT2D eigenvalue weighted by atomic mass is 9.82. The standard InChI is InChI=1S/C16H27N/c1-2-10-5-3-4-6-13(10)17-16-14-11-7-8-12(9-11)15(14)16/h10-17H,2-9H2,1H3. The molecule has 0 heterocycles. The third kappa shape index (κ3) is 1.61. The van der Waals surface area contributed by atoms with Gasteiger partial charge < -0.3 is 5.32 Å². The molecule has 1 N–H and O–H groups in total. The van der Waals surface area contributed by atoms with Crippen LogP contribution < -0.4 is 5.32 Å². The van der Waals surface area contributed by atoms with Crippen molar-refractivity contribution in [3.8, 4) is 0 Å². The molecule has 1 heteroatoms. The third-order valence-electron chi connectivity index (χ3n) is 6.58. The maximum atomic E-state index is 4.10. The maximum absolute atomic E-state index is 4.10. The molecule has 0 amide bonds. The van der Waals surface area contributed by atoms with Crippen molar-refractivity contribution in [3.63, 3.8) is 0 Å². The predicted octanol–water partition coefficient (Wildman–Crippen LogP) is 3.59. The van der Waals surface area contributed by atoms with Gasteiger partial charge in [-0.05, 0) is 61.7 Å². The molecule has 4 saturated carbocycles. The molecule has 0 aromatic heterocycles. The van der Waals surface area contributed by atoms with Gasteiger partial charge in [-0.2, -0.15) is 0 Å². The first kappa shape index (κ1) is 10.8. The zero-order valence-electron chi connectivity index (χ0n) is 11.2. The Bertz CT molecular complexity index is 284. The molecule has 17 heavy (non-hydrogen) atoms. The summed E-state index contributed by atoms with van der Waals surface area (Å²) in [7, 11) is 0. The van der Waals surface area contributed by atoms with Crippen molar-refractivity contribution in [2.75, 3.05) is 0 Å². The minimum Gasteiger partial charge on any atom is -0.310 e. The molecule has 0 spiro atoms. The van der Waals surface area contributed by atoms with Gasteiger partial charge in [0.15, 0.2) is 0 Å². The Labute approximate surface area is 106 Å². The van der Waals surface area contributed by atoms with Crippen LogP contribution in [-0.2, 0) is 0 Å². The van der Waals surface area contributed by atoms with E-state index in [4.69, 9.17) is 0 Å². The van der Waals surface area contributed by atoms with E-state index < -0.39 is 0 Å². The molecule has 4 aliphatic carbocycles. The molecule has 2 bridgehead atoms. The highest BCUT2D eigenvalue weighted by Gasteiger charge is 2.65. The quantitative estimate of drug-likeness (QED) is 0.785. The summed E-state index contributed by atoms with van der Waals surface area (Å²) >= 11 is 0. The van der Waals surface area contributed by atoms with Crippen LogP contribution in [0.3, 0.4) is 0 Å². The van der Waals surface area contributed by atoms with Crippen LogP contribution in [0, 0.1) is 29.6 Å². The molecule has 4 fully saturated rings. The Kier molecular flexibility index (Phi) is 2.54. The number of fused-ring (bicyclic) bond motifs is 5. The largest absolute Gasteiger partial charge is 0.310 e. The Morgan fingerprint density at radius 3 is 2.35 bits per heavy atom. The van der Waals surface area contributed by atoms with E-state index in [9.17, 15) is 0 Å². The lowest BCUT2D eigenvalue weighted by Crippen LogP contribution is -2.41. The summed E-state index contributed by atoms with van der Waals surface area (Å²) < 4.78 is 0. The molecule has 0 aliphatic heterocycles. The molecular weight excluding hydrogens is 206 g/mol. The van der Waals surface area contributed by atoms with Crippen molar-refractivity contribution >= 4 is 0 Å². The van der Waals surface area contributed by atoms with Crippen LogP contribution in [-0.4, -0.2) is 12.1 Å². The molecule has 0 saturated heterocycles. The van der Waals surface area contributed by atoms with E-state index in [1.165, 1.54) is 32.1 Å². The van der Waals surface area contributed by atoms with Crippen LogP contribution in [0.2, 0.25) is 0 Å². The topological polar surface area (TPSA) is 12.0 Å². The fourth-order valence-corrected chi connectivity index (χ4v) is 5.71. The Hall–Kier alpha value is -0.0400. The molecule has 6 unspecified atom stereocenters. The lowest BCUT2D eigenvalue weighted by molar-refractivity contribution is 0.242. The van der Waals surface area contributed by atoms with Gasteiger partial charge in [-0.1, -0.05) is 26.2 Å². The SMILES string of the molecule is CCC1CCCCC1NC1C2C3CCC(C3)C12. The second kappa shape index (κ2) is 3.98. The summed E-state index contributed by atoms with van der Waals surface area (Å²) in [5, 5.41) is 4.10. The summed E-state index contributed by atoms with van der Waals surface area (Å²) in [6.07, 6.45) is 12.0. The van der Waals surface area contributed by atoms with Gasteiger partial charge in [-0.25, -0.2) is 0 Å². The van der Waals surface area contributed by atoms with Crippen molar-refractivity contribution in [1.82, 2.24) is 5.32 Å². The first-order valence-corrected chi connectivity index (χ1v) is 8.14. The summed E-state index contributed by atoms with van der Waals surface area (Å²) in [5.74, 6) is 5.49. The average molecular weight is 233 g/mol. The van der Waals surface area contributed by atoms with Crippen LogP contribution in [0.4, 0.5) is 0 Å². The van der Waals surface area contributed by atoms with E-state index in [1.54, 1.807) is 19.3 Å². The zero-order valence-corrected chi connectivity index (χ0v) is 11.2. The minimum absolute atomic E-state index is 0.878. The van der Waals surface area contributed by atoms with E-state index in [1.807, 2.05) is 0 Å². The van der Waals surface area contributed by atoms with Crippen molar-refractivity contribution in [1.29, 1.82) is 0 Å². The molecular formula is C16H27N. The molecule has 96 valence electrons. The van der Waals surface area contributed by atoms with Crippen molar-refractivity contribution in [3.05, 3.63) is 0 Å². The number of nitrogens with one attached hydrogen (secondary N) is 1. The van der Waals surface area contributed by atoms with Gasteiger partial charge >= 0.3 is 0 Å². The molecule has 4 aliphatic rings. The lowest BCUT2D eigenvalue weighted by Gasteiger charge is -2.32. The molecule has 1 nitrogen and oxygen atoms in total. The fraction of sp³-hybridized carbons (Fsp3) is 1.00. The van der Waals surface area contributed by atoms with Gasteiger partial charge in [0.25, 0.3) is 0 Å². The zero-order chi connectivity index (χ0) is 11.4. The molecule has 0 radical (unpaired) electrons. The Morgan fingerprint density at radius 2 is 1.65 bits per heavy atom. The third-order valence-corrected chi connectivity index (χ3v) is 6.58. The highest BCUT2D eigenvalue weighted by Crippen LogP contribution is 2.65. The first-order chi connectivity index (χ1) is 8.38. The highest BCUT2D eigenvalue weighted by molar-refractivity contribution is 5.17. The van der Waals surface area contributed by atoms with Gasteiger partial charge in [0.2, 0.25) is 0 Å². The van der Waals surface area contributed by atoms with Crippen LogP contribution in [0.15, 0.2) is 0 Å². The summed E-state index contributed by atoms with van der Waals surface area (Å²) in [6.45, 7) is 2.39. The van der Waals surface area contributed by atoms with E-state index in [0.717, 1.165) is 41.7 Å². The van der Waals surface area contributed by atoms with Crippen LogP contribution >= 0.6 is 0 Å². The maximum Gasteiger partial charge on any atom is 0.0138 e. The van der Waals surface area contributed by atoms with Crippen LogP contribution in [0.25, 0.3) is 0 Å². The molecule has 6 atom stereocenters. The van der Waals surface area contributed by atoms with Gasteiger partial charge in [-0.15, -0.1) is 0 Å². The van der Waals surface area contributed by atoms with Crippen LogP contribution in [0.1, 0.15) is 58.3 Å². The van der Waals surface area contributed by atoms with Gasteiger partial charge in [0.05, 0.1) is 0 Å². The first-order valence-electron chi connectivity index (χ1n) is 8.14. The summed E-state index contributed by atoms with van der Waals surface area (Å²) in [6, 6.07) is 1.84. The normalized spacial score (nSPS) is 55.9. The molecule has 0 aromatic rings. The van der Waals surface area contributed by atoms with E-state index in [2.05, 4.69) is 12.2 Å². The Balaban J connectivity index is 1.39. The average Bonchev–Trinajstić information content (AvgIpc) is 2.77. The van der Waals surface area contributed by atoms with Crippen molar-refractivity contribution < 1.29 is 0 Å². The van der Waals surface area contributed by atoms with Gasteiger partial charge in [0.1, 0.15) is 0 Å². The monoisotopic (exact) mass is 233 g/mol. The number of hydrogen-bond donors (Lipinski definition) is 1. The van der Waals surface area contributed by atoms with Crippen molar-refractivity contribution in [2.24, 2.45) is 29.6 Å². The summed E-state index contributed by atoms with van der Waals surface area (Å²) in [5.41, 5.74) is 0. The highest BCUT2D eigenvalue weighted by atomic mass is 15.1. The van der Waals surface area contributed by atoms with E-state index in [0.29, 0.717) is 0 Å². The van der Waals surface area contributed by atoms with Gasteiger partial charge in [-0.3, -0.25) is 0 Å². The fourth-order valence-electron chi connectivity index (χ4n) is 5.71. The summed E-state index contributed by atoms with van der Waals surface area (Å²) in [4.78, 5) is 0. The molecule has 0 aromatic carbocycles. The second-order valence-corrected chi connectivity index (χ2v) is 7.24. The van der Waals surface area contributed by atoms with Crippen molar-refractivity contribution in [2.45, 2.75) is 70.4 Å². The minimum atomic E-state index is 0.878. The van der Waals surface area contributed by atoms with E-state index >= 15 is 0 Å². The smallest absolute Gasteiger partial charge is 0.0138 e. The predicted molar refractivity (Wildman–Crippen MR) is 70.8 cm³/mol. The second-order valence-electron chi connectivity index (χ2n) is 7.24. The Morgan fingerprint density at radius 1 is 0.941 bits per heavy atom. The van der Waals surface area contributed by atoms with E-state index in [-0.39, 0.29) is 0 Å².